The first-order valence-corrected chi connectivity index (χ1v) is 40.3. The Morgan fingerprint density at radius 1 is 0.322 bits per heavy atom. The molecule has 0 aromatic rings. The van der Waals surface area contributed by atoms with Crippen LogP contribution in [0, 0.1) is 35.5 Å². The van der Waals surface area contributed by atoms with Gasteiger partial charge in [0.1, 0.15) is 105 Å². The minimum atomic E-state index is -2.04. The van der Waals surface area contributed by atoms with Gasteiger partial charge < -0.3 is 162 Å². The van der Waals surface area contributed by atoms with E-state index in [2.05, 4.69) is 0 Å². The number of rotatable bonds is 29. The zero-order chi connectivity index (χ0) is 82.6. The Labute approximate surface area is 665 Å². The molecule has 6 aliphatic carbocycles. The van der Waals surface area contributed by atoms with Crippen molar-refractivity contribution in [1.82, 2.24) is 0 Å². The van der Waals surface area contributed by atoms with E-state index in [0.717, 1.165) is 6.08 Å². The minimum absolute atomic E-state index is 0.0182. The summed E-state index contributed by atoms with van der Waals surface area (Å²) >= 11 is 0. The molecule has 5 saturated heterocycles. The van der Waals surface area contributed by atoms with Gasteiger partial charge in [0.05, 0.1) is 98.2 Å². The molecule has 5 aliphatic heterocycles. The zero-order valence-corrected chi connectivity index (χ0v) is 65.0. The van der Waals surface area contributed by atoms with Gasteiger partial charge in [-0.15, -0.1) is 0 Å². The van der Waals surface area contributed by atoms with Crippen molar-refractivity contribution in [3.63, 3.8) is 0 Å². The molecule has 0 aromatic heterocycles. The smallest absolute Gasteiger partial charge is 0.330 e. The molecule has 11 rings (SSSR count). The maximum Gasteiger partial charge on any atom is 0.330 e. The fourth-order valence-electron chi connectivity index (χ4n) is 17.9. The van der Waals surface area contributed by atoms with Crippen LogP contribution in [-0.4, -0.2) is 369 Å². The highest BCUT2D eigenvalue weighted by molar-refractivity contribution is 5.83. The first kappa shape index (κ1) is 91.4. The lowest BCUT2D eigenvalue weighted by molar-refractivity contribution is -0.344. The molecular formula is C78H120O37. The Morgan fingerprint density at radius 2 is 0.678 bits per heavy atom. The Bertz CT molecular complexity index is 3180. The van der Waals surface area contributed by atoms with Crippen molar-refractivity contribution >= 4 is 23.9 Å². The molecule has 115 heavy (non-hydrogen) atoms. The average molecular weight is 1650 g/mol. The highest BCUT2D eigenvalue weighted by Gasteiger charge is 2.56. The van der Waals surface area contributed by atoms with E-state index in [1.807, 2.05) is 0 Å². The summed E-state index contributed by atoms with van der Waals surface area (Å²) in [6.07, 6.45) is -29.4. The standard InChI is InChI=1S/C78H120O37/c1-99-49-23-35(5-14-42(49)79)9-19-59(85)103-31-55-63(89)67(93)70(96)75(111-55)107-40-28-47(84)41-30-54(73(108-48(41)29-40)39-13-18-46(83)53(27-39)109-76-71(97)68(94)64(90)56(112-76)32-104-60(86)20-10-36-6-15-43(80)50(24-36)100-2)110-77-72(98)69(95)65(91)57(113-77)34-106-78-74(115-62(88)22-12-38-8-17-45(82)52(26-38)102-4)66(92)58(114-78)33-105-61(87)21-11-37-7-16-44(81)51(25-37)101-3/h9-12,19-22,35-58,63-84,89-98H,5-8,13-18,23-34H2,1-4H3. The summed E-state index contributed by atoms with van der Waals surface area (Å²) in [5.41, 5.74) is 0. The molecule has 0 amide bonds. The number of allylic oxidation sites excluding steroid dienone is 4. The van der Waals surface area contributed by atoms with E-state index in [1.165, 1.54) is 46.7 Å². The van der Waals surface area contributed by atoms with E-state index in [0.29, 0.717) is 77.0 Å². The van der Waals surface area contributed by atoms with Crippen molar-refractivity contribution in [3.8, 4) is 0 Å². The van der Waals surface area contributed by atoms with E-state index in [-0.39, 0.29) is 62.2 Å². The molecule has 40 unspecified atom stereocenters. The van der Waals surface area contributed by atoms with Crippen LogP contribution in [0.3, 0.4) is 0 Å². The van der Waals surface area contributed by atoms with Crippen molar-refractivity contribution in [2.24, 2.45) is 35.5 Å². The Morgan fingerprint density at radius 3 is 1.10 bits per heavy atom. The van der Waals surface area contributed by atoms with Crippen LogP contribution in [0.15, 0.2) is 48.6 Å². The third-order valence-electron chi connectivity index (χ3n) is 24.9. The monoisotopic (exact) mass is 1650 g/mol. The van der Waals surface area contributed by atoms with Gasteiger partial charge in [-0.25, -0.2) is 19.2 Å². The van der Waals surface area contributed by atoms with E-state index < -0.39 is 270 Å². The molecule has 0 radical (unpaired) electrons. The summed E-state index contributed by atoms with van der Waals surface area (Å²) in [4.78, 5) is 52.8. The molecule has 37 nitrogen and oxygen atoms in total. The SMILES string of the molecule is COC1CC(C=CC(=O)OCC2OC(OC3CC(O)C4CC(OC5OC(COC6OC(COC(=O)C=CC7CCC(O)C(OC)C7)C(O)C6OC(=O)C=CC6CCC(O)C(OC)C6)C(O)C(O)C5O)C(C5CCC(O)C(OC6OC(COC(=O)C=CC7CCC(O)C(OC)C7)C(O)C(O)C6O)C5)OC4C3)C(O)C(O)C2O)CCC1O. The number of aliphatic hydroxyl groups excluding tert-OH is 16. The fraction of sp³-hybridized carbons (Fsp3) is 0.846. The number of hydrogen-bond donors (Lipinski definition) is 16. The summed E-state index contributed by atoms with van der Waals surface area (Å²) < 4.78 is 100. The summed E-state index contributed by atoms with van der Waals surface area (Å²) in [6.45, 7) is -2.53. The first-order valence-electron chi connectivity index (χ1n) is 40.3. The maximum absolute atomic E-state index is 13.6. The highest BCUT2D eigenvalue weighted by atomic mass is 16.8. The van der Waals surface area contributed by atoms with Crippen molar-refractivity contribution < 1.29 is 181 Å². The van der Waals surface area contributed by atoms with E-state index in [4.69, 9.17) is 80.5 Å². The van der Waals surface area contributed by atoms with Crippen molar-refractivity contribution in [2.75, 3.05) is 54.9 Å². The quantitative estimate of drug-likeness (QED) is 0.0194. The van der Waals surface area contributed by atoms with Gasteiger partial charge in [-0.3, -0.25) is 0 Å². The number of aliphatic hydroxyl groups is 16. The number of methoxy groups -OCH3 is 4. The van der Waals surface area contributed by atoms with Crippen LogP contribution in [0.25, 0.3) is 0 Å². The van der Waals surface area contributed by atoms with Crippen LogP contribution in [0.4, 0.5) is 0 Å². The molecule has 654 valence electrons. The van der Waals surface area contributed by atoms with E-state index >= 15 is 0 Å². The minimum Gasteiger partial charge on any atom is -0.460 e. The fourth-order valence-corrected chi connectivity index (χ4v) is 17.9. The number of carbonyl (C=O) groups is 4. The van der Waals surface area contributed by atoms with Crippen LogP contribution in [0.1, 0.15) is 116 Å². The summed E-state index contributed by atoms with van der Waals surface area (Å²) in [6, 6.07) is 0. The van der Waals surface area contributed by atoms with Gasteiger partial charge in [-0.2, -0.15) is 0 Å². The van der Waals surface area contributed by atoms with Gasteiger partial charge in [0, 0.05) is 71.5 Å². The second-order valence-electron chi connectivity index (χ2n) is 32.6. The molecule has 16 N–H and O–H groups in total. The van der Waals surface area contributed by atoms with Crippen LogP contribution in [0.5, 0.6) is 0 Å². The highest BCUT2D eigenvalue weighted by Crippen LogP contribution is 2.46. The summed E-state index contributed by atoms with van der Waals surface area (Å²) in [5, 5.41) is 179. The predicted octanol–water partition coefficient (Wildman–Crippen LogP) is -3.77. The number of hydrogen-bond acceptors (Lipinski definition) is 37. The summed E-state index contributed by atoms with van der Waals surface area (Å²) in [5.74, 6) is -5.52. The van der Waals surface area contributed by atoms with Gasteiger partial charge in [0.25, 0.3) is 0 Å². The third kappa shape index (κ3) is 23.5. The average Bonchev–Trinajstić information content (AvgIpc) is 0.971. The summed E-state index contributed by atoms with van der Waals surface area (Å²) in [7, 11) is 5.91. The van der Waals surface area contributed by atoms with Gasteiger partial charge >= 0.3 is 23.9 Å². The lowest BCUT2D eigenvalue weighted by Crippen LogP contribution is -2.63. The normalized spacial score (nSPS) is 46.2. The van der Waals surface area contributed by atoms with E-state index in [9.17, 15) is 101 Å². The topological polar surface area (TPSA) is 549 Å². The van der Waals surface area contributed by atoms with Crippen LogP contribution in [-0.2, 0) is 99.7 Å². The molecule has 40 atom stereocenters. The Kier molecular flexibility index (Phi) is 33.8. The van der Waals surface area contributed by atoms with Crippen molar-refractivity contribution in [2.45, 2.75) is 324 Å². The third-order valence-corrected chi connectivity index (χ3v) is 24.9. The van der Waals surface area contributed by atoms with Gasteiger partial charge in [0.15, 0.2) is 31.3 Å². The largest absolute Gasteiger partial charge is 0.460 e. The Hall–Kier alpha value is -4.32. The molecule has 11 fully saturated rings. The number of carbonyl (C=O) groups excluding carboxylic acids is 4. The van der Waals surface area contributed by atoms with Crippen LogP contribution in [0.2, 0.25) is 0 Å². The number of esters is 4. The second-order valence-corrected chi connectivity index (χ2v) is 32.6. The molecule has 0 bridgehead atoms. The molecular weight excluding hydrogens is 1530 g/mol. The lowest BCUT2D eigenvalue weighted by Gasteiger charge is -2.52. The van der Waals surface area contributed by atoms with Crippen LogP contribution < -0.4 is 0 Å². The molecule has 11 aliphatic rings. The number of fused-ring (bicyclic) bond motifs is 1. The van der Waals surface area contributed by atoms with Crippen molar-refractivity contribution in [3.05, 3.63) is 48.6 Å². The molecule has 0 spiro atoms. The first-order chi connectivity index (χ1) is 55.0. The molecule has 5 heterocycles. The van der Waals surface area contributed by atoms with Gasteiger partial charge in [-0.1, -0.05) is 24.3 Å². The van der Waals surface area contributed by atoms with Gasteiger partial charge in [0.2, 0.25) is 0 Å². The molecule has 6 saturated carbocycles. The molecule has 37 heteroatoms. The van der Waals surface area contributed by atoms with Crippen molar-refractivity contribution in [1.29, 1.82) is 0 Å². The Balaban J connectivity index is 0.786. The lowest BCUT2D eigenvalue weighted by atomic mass is 9.72. The van der Waals surface area contributed by atoms with E-state index in [1.54, 1.807) is 24.3 Å². The van der Waals surface area contributed by atoms with Crippen LogP contribution >= 0.6 is 0 Å². The zero-order valence-electron chi connectivity index (χ0n) is 65.0. The van der Waals surface area contributed by atoms with Gasteiger partial charge in [-0.05, 0) is 132 Å². The molecule has 0 aromatic carbocycles. The number of ether oxygens (including phenoxy) is 17. The maximum atomic E-state index is 13.6. The predicted molar refractivity (Wildman–Crippen MR) is 387 cm³/mol. The second kappa shape index (κ2) is 42.5.